The highest BCUT2D eigenvalue weighted by atomic mass is 35.5. The van der Waals surface area contributed by atoms with E-state index in [0.717, 1.165) is 31.1 Å². The first-order chi connectivity index (χ1) is 12.6. The van der Waals surface area contributed by atoms with Gasteiger partial charge >= 0.3 is 0 Å². The Bertz CT molecular complexity index is 749. The van der Waals surface area contributed by atoms with E-state index in [-0.39, 0.29) is 24.4 Å². The van der Waals surface area contributed by atoms with Gasteiger partial charge in [-0.3, -0.25) is 14.5 Å². The average molecular weight is 372 g/mol. The fraction of sp³-hybridized carbons (Fsp3) is 0.300. The summed E-state index contributed by atoms with van der Waals surface area (Å²) in [5, 5.41) is 6.38. The zero-order valence-electron chi connectivity index (χ0n) is 14.5. The summed E-state index contributed by atoms with van der Waals surface area (Å²) < 4.78 is 0. The van der Waals surface area contributed by atoms with Crippen LogP contribution in [0.1, 0.15) is 22.3 Å². The van der Waals surface area contributed by atoms with E-state index >= 15 is 0 Å². The number of amides is 2. The third-order valence-electron chi connectivity index (χ3n) is 4.40. The summed E-state index contributed by atoms with van der Waals surface area (Å²) in [6, 6.07) is 16.8. The molecule has 1 fully saturated rings. The molecule has 1 heterocycles. The van der Waals surface area contributed by atoms with Gasteiger partial charge in [0.25, 0.3) is 5.91 Å². The molecule has 1 aliphatic rings. The molecule has 1 unspecified atom stereocenters. The maximum atomic E-state index is 12.1. The quantitative estimate of drug-likeness (QED) is 0.820. The molecule has 0 aliphatic carbocycles. The van der Waals surface area contributed by atoms with E-state index in [9.17, 15) is 9.59 Å². The first-order valence-electron chi connectivity index (χ1n) is 8.69. The minimum absolute atomic E-state index is 0.0125. The second-order valence-corrected chi connectivity index (χ2v) is 6.90. The predicted octanol–water partition coefficient (Wildman–Crippen LogP) is 2.46. The third kappa shape index (κ3) is 5.31. The smallest absolute Gasteiger partial charge is 0.251 e. The second-order valence-electron chi connectivity index (χ2n) is 6.46. The Hall–Kier alpha value is -2.37. The fourth-order valence-corrected chi connectivity index (χ4v) is 3.20. The number of halogens is 1. The van der Waals surface area contributed by atoms with Gasteiger partial charge in [0.05, 0.1) is 6.54 Å². The van der Waals surface area contributed by atoms with Gasteiger partial charge in [-0.05, 0) is 36.2 Å². The zero-order chi connectivity index (χ0) is 18.4. The van der Waals surface area contributed by atoms with Crippen LogP contribution in [0.5, 0.6) is 0 Å². The largest absolute Gasteiger partial charge is 0.350 e. The lowest BCUT2D eigenvalue weighted by atomic mass is 10.2. The van der Waals surface area contributed by atoms with Crippen LogP contribution in [0.4, 0.5) is 0 Å². The molecule has 3 rings (SSSR count). The van der Waals surface area contributed by atoms with Gasteiger partial charge in [0, 0.05) is 36.3 Å². The molecule has 0 saturated carbocycles. The lowest BCUT2D eigenvalue weighted by Gasteiger charge is -2.17. The molecule has 0 spiro atoms. The van der Waals surface area contributed by atoms with Crippen molar-refractivity contribution in [3.8, 4) is 0 Å². The topological polar surface area (TPSA) is 61.4 Å². The lowest BCUT2D eigenvalue weighted by Crippen LogP contribution is -2.43. The summed E-state index contributed by atoms with van der Waals surface area (Å²) in [6.07, 6.45) is 0.909. The van der Waals surface area contributed by atoms with Crippen molar-refractivity contribution in [2.24, 2.45) is 0 Å². The number of carbonyl (C=O) groups is 2. The Labute approximate surface area is 158 Å². The van der Waals surface area contributed by atoms with Crippen LogP contribution in [0.3, 0.4) is 0 Å². The molecule has 0 bridgehead atoms. The molecule has 1 saturated heterocycles. The van der Waals surface area contributed by atoms with E-state index < -0.39 is 0 Å². The Morgan fingerprint density at radius 3 is 2.54 bits per heavy atom. The van der Waals surface area contributed by atoms with Crippen LogP contribution in [0.2, 0.25) is 5.02 Å². The van der Waals surface area contributed by atoms with E-state index in [1.54, 1.807) is 24.3 Å². The highest BCUT2D eigenvalue weighted by molar-refractivity contribution is 6.30. The molecule has 0 aromatic heterocycles. The molecule has 26 heavy (non-hydrogen) atoms. The Morgan fingerprint density at radius 1 is 1.08 bits per heavy atom. The van der Waals surface area contributed by atoms with E-state index in [0.29, 0.717) is 5.56 Å². The third-order valence-corrected chi connectivity index (χ3v) is 4.65. The normalized spacial score (nSPS) is 17.0. The Kier molecular flexibility index (Phi) is 6.26. The van der Waals surface area contributed by atoms with E-state index in [1.165, 1.54) is 5.56 Å². The van der Waals surface area contributed by atoms with Gasteiger partial charge in [-0.25, -0.2) is 0 Å². The molecule has 6 heteroatoms. The molecule has 2 aromatic carbocycles. The highest BCUT2D eigenvalue weighted by Crippen LogP contribution is 2.15. The van der Waals surface area contributed by atoms with E-state index in [4.69, 9.17) is 11.6 Å². The summed E-state index contributed by atoms with van der Waals surface area (Å²) in [5.41, 5.74) is 1.76. The van der Waals surface area contributed by atoms with Gasteiger partial charge < -0.3 is 10.6 Å². The van der Waals surface area contributed by atoms with Crippen molar-refractivity contribution in [3.05, 3.63) is 70.7 Å². The van der Waals surface area contributed by atoms with Gasteiger partial charge in [-0.2, -0.15) is 0 Å². The van der Waals surface area contributed by atoms with Crippen molar-refractivity contribution >= 4 is 23.4 Å². The second kappa shape index (κ2) is 8.83. The van der Waals surface area contributed by atoms with Crippen LogP contribution in [0, 0.1) is 0 Å². The number of hydrogen-bond donors (Lipinski definition) is 2. The molecular formula is C20H22ClN3O2. The van der Waals surface area contributed by atoms with Crippen molar-refractivity contribution in [2.45, 2.75) is 19.0 Å². The van der Waals surface area contributed by atoms with Crippen LogP contribution in [-0.2, 0) is 11.3 Å². The zero-order valence-corrected chi connectivity index (χ0v) is 15.2. The number of rotatable bonds is 6. The van der Waals surface area contributed by atoms with E-state index in [1.807, 2.05) is 30.3 Å². The molecule has 1 aliphatic heterocycles. The first-order valence-corrected chi connectivity index (χ1v) is 9.07. The summed E-state index contributed by atoms with van der Waals surface area (Å²) in [6.45, 7) is 2.57. The van der Waals surface area contributed by atoms with Crippen molar-refractivity contribution in [3.63, 3.8) is 0 Å². The van der Waals surface area contributed by atoms with Crippen LogP contribution in [-0.4, -0.2) is 42.4 Å². The summed E-state index contributed by atoms with van der Waals surface area (Å²) in [5.74, 6) is -0.399. The number of nitrogens with zero attached hydrogens (tertiary/aromatic N) is 1. The van der Waals surface area contributed by atoms with Crippen molar-refractivity contribution in [1.29, 1.82) is 0 Å². The minimum atomic E-state index is -0.239. The predicted molar refractivity (Wildman–Crippen MR) is 102 cm³/mol. The standard InChI is InChI=1S/C20H22ClN3O2/c21-17-8-6-15(7-9-17)13-24-11-10-18(14-24)23-19(25)12-22-20(26)16-4-2-1-3-5-16/h1-9,18H,10-14H2,(H,22,26)(H,23,25). The van der Waals surface area contributed by atoms with Gasteiger partial charge in [0.2, 0.25) is 5.91 Å². The Balaban J connectivity index is 1.40. The highest BCUT2D eigenvalue weighted by Gasteiger charge is 2.23. The molecule has 2 aromatic rings. The van der Waals surface area contributed by atoms with Crippen LogP contribution < -0.4 is 10.6 Å². The summed E-state index contributed by atoms with van der Waals surface area (Å²) in [4.78, 5) is 26.3. The Morgan fingerprint density at radius 2 is 1.81 bits per heavy atom. The molecule has 136 valence electrons. The van der Waals surface area contributed by atoms with Crippen LogP contribution >= 0.6 is 11.6 Å². The van der Waals surface area contributed by atoms with E-state index in [2.05, 4.69) is 15.5 Å². The minimum Gasteiger partial charge on any atom is -0.350 e. The molecular weight excluding hydrogens is 350 g/mol. The van der Waals surface area contributed by atoms with Crippen molar-refractivity contribution < 1.29 is 9.59 Å². The SMILES string of the molecule is O=C(CNC(=O)c1ccccc1)NC1CCN(Cc2ccc(Cl)cc2)C1. The van der Waals surface area contributed by atoms with Crippen molar-refractivity contribution in [1.82, 2.24) is 15.5 Å². The number of likely N-dealkylation sites (tertiary alicyclic amines) is 1. The van der Waals surface area contributed by atoms with Gasteiger partial charge in [-0.15, -0.1) is 0 Å². The molecule has 2 N–H and O–H groups in total. The lowest BCUT2D eigenvalue weighted by molar-refractivity contribution is -0.120. The fourth-order valence-electron chi connectivity index (χ4n) is 3.07. The van der Waals surface area contributed by atoms with Gasteiger partial charge in [-0.1, -0.05) is 41.9 Å². The summed E-state index contributed by atoms with van der Waals surface area (Å²) >= 11 is 5.91. The molecule has 2 amide bonds. The maximum absolute atomic E-state index is 12.1. The van der Waals surface area contributed by atoms with Crippen LogP contribution in [0.15, 0.2) is 54.6 Å². The monoisotopic (exact) mass is 371 g/mol. The van der Waals surface area contributed by atoms with Gasteiger partial charge in [0.1, 0.15) is 0 Å². The molecule has 1 atom stereocenters. The summed E-state index contributed by atoms with van der Waals surface area (Å²) in [7, 11) is 0. The average Bonchev–Trinajstić information content (AvgIpc) is 3.09. The number of nitrogens with one attached hydrogen (secondary N) is 2. The first kappa shape index (κ1) is 18.4. The van der Waals surface area contributed by atoms with Crippen LogP contribution in [0.25, 0.3) is 0 Å². The maximum Gasteiger partial charge on any atom is 0.251 e. The molecule has 5 nitrogen and oxygen atoms in total. The number of carbonyl (C=O) groups excluding carboxylic acids is 2. The van der Waals surface area contributed by atoms with Gasteiger partial charge in [0.15, 0.2) is 0 Å². The number of benzene rings is 2. The van der Waals surface area contributed by atoms with Crippen molar-refractivity contribution in [2.75, 3.05) is 19.6 Å². The molecule has 0 radical (unpaired) electrons. The number of hydrogen-bond acceptors (Lipinski definition) is 3.